The van der Waals surface area contributed by atoms with Crippen molar-refractivity contribution in [3.8, 4) is 11.4 Å². The molecular formula is C26H24N6O2. The maximum Gasteiger partial charge on any atom is 0.291 e. The number of nitrogens with zero attached hydrogens (tertiary/aromatic N) is 6. The molecule has 0 radical (unpaired) electrons. The van der Waals surface area contributed by atoms with Crippen LogP contribution in [0.25, 0.3) is 22.3 Å². The van der Waals surface area contributed by atoms with Gasteiger partial charge in [0, 0.05) is 60.4 Å². The Kier molecular flexibility index (Phi) is 4.10. The Morgan fingerprint density at radius 1 is 0.912 bits per heavy atom. The molecule has 0 N–H and O–H groups in total. The van der Waals surface area contributed by atoms with Crippen LogP contribution >= 0.6 is 0 Å². The van der Waals surface area contributed by atoms with Crippen LogP contribution in [0.15, 0.2) is 65.8 Å². The largest absolute Gasteiger partial charge is 0.438 e. The van der Waals surface area contributed by atoms with Gasteiger partial charge in [-0.3, -0.25) is 9.78 Å². The smallest absolute Gasteiger partial charge is 0.291 e. The van der Waals surface area contributed by atoms with Crippen LogP contribution in [0.1, 0.15) is 29.8 Å². The predicted molar refractivity (Wildman–Crippen MR) is 126 cm³/mol. The van der Waals surface area contributed by atoms with Crippen molar-refractivity contribution in [1.29, 1.82) is 0 Å². The first kappa shape index (κ1) is 19.6. The van der Waals surface area contributed by atoms with Gasteiger partial charge in [0.2, 0.25) is 5.76 Å². The van der Waals surface area contributed by atoms with Crippen molar-refractivity contribution in [3.05, 3.63) is 67.1 Å². The Hall–Kier alpha value is -3.81. The highest BCUT2D eigenvalue weighted by Crippen LogP contribution is 2.62. The van der Waals surface area contributed by atoms with Gasteiger partial charge in [0.1, 0.15) is 5.82 Å². The first-order chi connectivity index (χ1) is 16.7. The van der Waals surface area contributed by atoms with Gasteiger partial charge in [-0.1, -0.05) is 18.6 Å². The third kappa shape index (κ3) is 2.74. The number of aromatic nitrogens is 4. The number of amides is 1. The molecular weight excluding hydrogens is 428 g/mol. The van der Waals surface area contributed by atoms with E-state index >= 15 is 0 Å². The van der Waals surface area contributed by atoms with Gasteiger partial charge in [-0.05, 0) is 37.1 Å². The Morgan fingerprint density at radius 3 is 2.47 bits per heavy atom. The van der Waals surface area contributed by atoms with E-state index in [4.69, 9.17) is 14.4 Å². The van der Waals surface area contributed by atoms with Crippen LogP contribution in [0.3, 0.4) is 0 Å². The molecule has 7 rings (SSSR count). The number of hydrogen-bond donors (Lipinski definition) is 0. The molecule has 2 aliphatic heterocycles. The molecule has 4 aromatic rings. The molecule has 1 aliphatic carbocycles. The Labute approximate surface area is 196 Å². The van der Waals surface area contributed by atoms with Crippen LogP contribution in [0, 0.1) is 10.8 Å². The molecule has 170 valence electrons. The van der Waals surface area contributed by atoms with Crippen molar-refractivity contribution in [2.45, 2.75) is 19.3 Å². The summed E-state index contributed by atoms with van der Waals surface area (Å²) in [6.45, 7) is 3.28. The summed E-state index contributed by atoms with van der Waals surface area (Å²) in [5.74, 6) is 1.95. The number of fused-ring (bicyclic) bond motifs is 1. The van der Waals surface area contributed by atoms with Gasteiger partial charge in [0.05, 0.1) is 11.7 Å². The van der Waals surface area contributed by atoms with Gasteiger partial charge >= 0.3 is 0 Å². The molecule has 34 heavy (non-hydrogen) atoms. The van der Waals surface area contributed by atoms with Crippen LogP contribution in [0.2, 0.25) is 0 Å². The third-order valence-electron chi connectivity index (χ3n) is 8.14. The van der Waals surface area contributed by atoms with Gasteiger partial charge in [-0.15, -0.1) is 0 Å². The zero-order valence-corrected chi connectivity index (χ0v) is 18.7. The molecule has 3 aliphatic rings. The zero-order valence-electron chi connectivity index (χ0n) is 18.7. The summed E-state index contributed by atoms with van der Waals surface area (Å²) in [5.41, 5.74) is 1.99. The second kappa shape index (κ2) is 7.09. The lowest BCUT2D eigenvalue weighted by atomic mass is 9.71. The topological polar surface area (TPSA) is 88.3 Å². The third-order valence-corrected chi connectivity index (χ3v) is 8.14. The normalized spacial score (nSPS) is 25.6. The maximum absolute atomic E-state index is 13.0. The van der Waals surface area contributed by atoms with E-state index in [0.29, 0.717) is 11.6 Å². The molecule has 5 heterocycles. The summed E-state index contributed by atoms with van der Waals surface area (Å²) in [5, 5.41) is 1.07. The van der Waals surface area contributed by atoms with Crippen LogP contribution < -0.4 is 4.90 Å². The monoisotopic (exact) mass is 452 g/mol. The first-order valence-corrected chi connectivity index (χ1v) is 11.8. The van der Waals surface area contributed by atoms with Crippen molar-refractivity contribution in [2.24, 2.45) is 10.8 Å². The zero-order chi connectivity index (χ0) is 22.8. The van der Waals surface area contributed by atoms with Crippen molar-refractivity contribution in [2.75, 3.05) is 31.1 Å². The molecule has 1 aromatic carbocycles. The first-order valence-electron chi connectivity index (χ1n) is 11.8. The Morgan fingerprint density at radius 2 is 1.74 bits per heavy atom. The highest BCUT2D eigenvalue weighted by molar-refractivity contribution is 5.92. The molecule has 1 amide bonds. The van der Waals surface area contributed by atoms with E-state index in [9.17, 15) is 4.79 Å². The fraction of sp³-hybridized carbons (Fsp3) is 0.346. The molecule has 8 nitrogen and oxygen atoms in total. The molecule has 3 aromatic heterocycles. The fourth-order valence-electron chi connectivity index (χ4n) is 6.65. The van der Waals surface area contributed by atoms with Crippen molar-refractivity contribution < 1.29 is 9.21 Å². The number of para-hydroxylation sites is 1. The second-order valence-electron chi connectivity index (χ2n) is 9.93. The van der Waals surface area contributed by atoms with E-state index in [1.54, 1.807) is 6.20 Å². The number of carbonyl (C=O) groups is 1. The maximum atomic E-state index is 13.0. The average Bonchev–Trinajstić information content (AvgIpc) is 3.61. The van der Waals surface area contributed by atoms with Gasteiger partial charge < -0.3 is 14.2 Å². The molecule has 2 saturated heterocycles. The second-order valence-corrected chi connectivity index (χ2v) is 9.93. The van der Waals surface area contributed by atoms with Crippen molar-refractivity contribution in [1.82, 2.24) is 24.8 Å². The summed E-state index contributed by atoms with van der Waals surface area (Å²) < 4.78 is 5.31. The van der Waals surface area contributed by atoms with Crippen LogP contribution in [-0.4, -0.2) is 56.9 Å². The quantitative estimate of drug-likeness (QED) is 0.467. The van der Waals surface area contributed by atoms with E-state index in [1.165, 1.54) is 19.0 Å². The lowest BCUT2D eigenvalue weighted by Gasteiger charge is -2.29. The van der Waals surface area contributed by atoms with E-state index in [2.05, 4.69) is 20.9 Å². The lowest BCUT2D eigenvalue weighted by Crippen LogP contribution is -2.37. The number of carbonyl (C=O) groups excluding carboxylic acids is 1. The number of rotatable bonds is 3. The van der Waals surface area contributed by atoms with Gasteiger partial charge in [-0.2, -0.15) is 0 Å². The summed E-state index contributed by atoms with van der Waals surface area (Å²) in [4.78, 5) is 35.6. The number of likely N-dealkylation sites (tertiary alicyclic amines) is 1. The molecule has 0 bridgehead atoms. The average molecular weight is 453 g/mol. The van der Waals surface area contributed by atoms with Gasteiger partial charge in [0.15, 0.2) is 12.2 Å². The van der Waals surface area contributed by atoms with Crippen LogP contribution in [-0.2, 0) is 0 Å². The number of pyridine rings is 1. The summed E-state index contributed by atoms with van der Waals surface area (Å²) in [7, 11) is 0. The summed E-state index contributed by atoms with van der Waals surface area (Å²) in [6.07, 6.45) is 9.88. The van der Waals surface area contributed by atoms with Crippen molar-refractivity contribution in [3.63, 3.8) is 0 Å². The van der Waals surface area contributed by atoms with Gasteiger partial charge in [-0.25, -0.2) is 15.0 Å². The summed E-state index contributed by atoms with van der Waals surface area (Å²) >= 11 is 0. The highest BCUT2D eigenvalue weighted by Gasteiger charge is 2.66. The number of hydrogen-bond acceptors (Lipinski definition) is 7. The van der Waals surface area contributed by atoms with E-state index in [-0.39, 0.29) is 16.7 Å². The minimum absolute atomic E-state index is 0.0505. The molecule has 8 heteroatoms. The molecule has 2 unspecified atom stereocenters. The van der Waals surface area contributed by atoms with Crippen LogP contribution in [0.4, 0.5) is 5.82 Å². The fourth-order valence-corrected chi connectivity index (χ4v) is 6.65. The van der Waals surface area contributed by atoms with Crippen molar-refractivity contribution >= 4 is 22.6 Å². The SMILES string of the molecule is O=C(c1cnco1)N1CC23CCCC2(C1)CN(c1nc(-c2cccnc2)nc2ccccc12)C3. The van der Waals surface area contributed by atoms with E-state index < -0.39 is 0 Å². The predicted octanol–water partition coefficient (Wildman–Crippen LogP) is 3.81. The minimum atomic E-state index is -0.0505. The highest BCUT2D eigenvalue weighted by atomic mass is 16.3. The van der Waals surface area contributed by atoms with E-state index in [1.807, 2.05) is 41.4 Å². The van der Waals surface area contributed by atoms with Crippen LogP contribution in [0.5, 0.6) is 0 Å². The minimum Gasteiger partial charge on any atom is -0.438 e. The van der Waals surface area contributed by atoms with Gasteiger partial charge in [0.25, 0.3) is 5.91 Å². The lowest BCUT2D eigenvalue weighted by molar-refractivity contribution is 0.0732. The standard InChI is InChI=1S/C26H24N6O2/c33-24(21-12-28-17-34-21)32-15-25-8-4-9-26(25,16-32)14-31(13-25)23-19-6-1-2-7-20(19)29-22(30-23)18-5-3-10-27-11-18/h1-3,5-7,10-12,17H,4,8-9,13-16H2. The number of anilines is 1. The number of benzene rings is 1. The number of oxazole rings is 1. The molecule has 3 fully saturated rings. The molecule has 1 saturated carbocycles. The molecule has 0 spiro atoms. The molecule has 2 atom stereocenters. The summed E-state index contributed by atoms with van der Waals surface area (Å²) in [6, 6.07) is 12.1. The van der Waals surface area contributed by atoms with E-state index in [0.717, 1.165) is 61.3 Å². The Bertz CT molecular complexity index is 1370. The Balaban J connectivity index is 1.27.